The van der Waals surface area contributed by atoms with Crippen LogP contribution >= 0.6 is 0 Å². The fourth-order valence-corrected chi connectivity index (χ4v) is 3.46. The predicted molar refractivity (Wildman–Crippen MR) is 108 cm³/mol. The van der Waals surface area contributed by atoms with Gasteiger partial charge in [0.05, 0.1) is 17.8 Å². The number of halogens is 2. The molecule has 2 amide bonds. The number of hydrogen-bond acceptors (Lipinski definition) is 3. The van der Waals surface area contributed by atoms with Crippen LogP contribution in [0.4, 0.5) is 14.5 Å². The molecule has 0 saturated heterocycles. The van der Waals surface area contributed by atoms with Gasteiger partial charge in [-0.05, 0) is 49.6 Å². The van der Waals surface area contributed by atoms with E-state index in [0.29, 0.717) is 16.8 Å². The van der Waals surface area contributed by atoms with Crippen molar-refractivity contribution in [3.05, 3.63) is 65.2 Å². The van der Waals surface area contributed by atoms with Gasteiger partial charge in [-0.1, -0.05) is 31.0 Å². The minimum atomic E-state index is -0.928. The third-order valence-corrected chi connectivity index (χ3v) is 5.15. The second-order valence-corrected chi connectivity index (χ2v) is 7.32. The second-order valence-electron chi connectivity index (χ2n) is 7.32. The third kappa shape index (κ3) is 5.60. The summed E-state index contributed by atoms with van der Waals surface area (Å²) in [5, 5.41) is 8.74. The van der Waals surface area contributed by atoms with Crippen LogP contribution in [0.3, 0.4) is 0 Å². The summed E-state index contributed by atoms with van der Waals surface area (Å²) in [6.45, 7) is 1.71. The van der Waals surface area contributed by atoms with Crippen molar-refractivity contribution in [2.24, 2.45) is 0 Å². The van der Waals surface area contributed by atoms with E-state index in [1.54, 1.807) is 31.2 Å². The molecule has 3 N–H and O–H groups in total. The standard InChI is InChI=1S/C22H25F2N3O2/c1-14(15-10-11-18(23)19(24)12-15)25-13-21(28)27-20-9-5-4-8-17(20)22(29)26-16-6-2-3-7-16/h4-5,8-12,14,16,25H,2-3,6-7,13H2,1H3,(H,26,29)(H,27,28)/t14-/m0/s1. The van der Waals surface area contributed by atoms with Gasteiger partial charge in [0, 0.05) is 12.1 Å². The van der Waals surface area contributed by atoms with Gasteiger partial charge in [0.2, 0.25) is 5.91 Å². The maximum atomic E-state index is 13.4. The van der Waals surface area contributed by atoms with Crippen molar-refractivity contribution in [3.8, 4) is 0 Å². The van der Waals surface area contributed by atoms with E-state index in [2.05, 4.69) is 16.0 Å². The quantitative estimate of drug-likeness (QED) is 0.659. The molecule has 0 heterocycles. The number of hydrogen-bond donors (Lipinski definition) is 3. The zero-order valence-electron chi connectivity index (χ0n) is 16.3. The number of para-hydroxylation sites is 1. The van der Waals surface area contributed by atoms with Gasteiger partial charge in [0.1, 0.15) is 0 Å². The number of amides is 2. The largest absolute Gasteiger partial charge is 0.349 e. The Hall–Kier alpha value is -2.80. The monoisotopic (exact) mass is 401 g/mol. The summed E-state index contributed by atoms with van der Waals surface area (Å²) in [6.07, 6.45) is 4.19. The molecule has 29 heavy (non-hydrogen) atoms. The summed E-state index contributed by atoms with van der Waals surface area (Å²) < 4.78 is 26.4. The molecule has 0 unspecified atom stereocenters. The van der Waals surface area contributed by atoms with Gasteiger partial charge >= 0.3 is 0 Å². The van der Waals surface area contributed by atoms with Crippen LogP contribution in [-0.4, -0.2) is 24.4 Å². The van der Waals surface area contributed by atoms with Gasteiger partial charge in [-0.3, -0.25) is 9.59 Å². The van der Waals surface area contributed by atoms with Crippen LogP contribution in [0.15, 0.2) is 42.5 Å². The molecule has 1 atom stereocenters. The molecule has 0 bridgehead atoms. The zero-order valence-corrected chi connectivity index (χ0v) is 16.3. The minimum absolute atomic E-state index is 0.0429. The Morgan fingerprint density at radius 1 is 1.07 bits per heavy atom. The van der Waals surface area contributed by atoms with E-state index in [9.17, 15) is 18.4 Å². The molecule has 0 spiro atoms. The Kier molecular flexibility index (Phi) is 6.93. The van der Waals surface area contributed by atoms with Crippen LogP contribution < -0.4 is 16.0 Å². The molecule has 0 aromatic heterocycles. The molecule has 0 radical (unpaired) electrons. The first kappa shape index (κ1) is 20.9. The summed E-state index contributed by atoms with van der Waals surface area (Å²) >= 11 is 0. The Morgan fingerprint density at radius 3 is 2.52 bits per heavy atom. The number of carbonyl (C=O) groups excluding carboxylic acids is 2. The Labute approximate surface area is 168 Å². The summed E-state index contributed by atoms with van der Waals surface area (Å²) in [6, 6.07) is 10.3. The molecule has 2 aromatic carbocycles. The van der Waals surface area contributed by atoms with Gasteiger partial charge in [0.15, 0.2) is 11.6 Å². The number of nitrogens with one attached hydrogen (secondary N) is 3. The van der Waals surface area contributed by atoms with E-state index < -0.39 is 11.6 Å². The summed E-state index contributed by atoms with van der Waals surface area (Å²) in [7, 11) is 0. The lowest BCUT2D eigenvalue weighted by Crippen LogP contribution is -2.34. The molecular weight excluding hydrogens is 376 g/mol. The van der Waals surface area contributed by atoms with Crippen molar-refractivity contribution in [1.29, 1.82) is 0 Å². The number of carbonyl (C=O) groups is 2. The highest BCUT2D eigenvalue weighted by atomic mass is 19.2. The van der Waals surface area contributed by atoms with E-state index in [0.717, 1.165) is 37.8 Å². The number of anilines is 1. The Morgan fingerprint density at radius 2 is 1.79 bits per heavy atom. The zero-order chi connectivity index (χ0) is 20.8. The van der Waals surface area contributed by atoms with Gasteiger partial charge in [-0.15, -0.1) is 0 Å². The van der Waals surface area contributed by atoms with Crippen LogP contribution in [0, 0.1) is 11.6 Å². The fourth-order valence-electron chi connectivity index (χ4n) is 3.46. The summed E-state index contributed by atoms with van der Waals surface area (Å²) in [5.41, 5.74) is 1.39. The van der Waals surface area contributed by atoms with Crippen molar-refractivity contribution in [1.82, 2.24) is 10.6 Å². The molecule has 1 saturated carbocycles. The first-order chi connectivity index (χ1) is 13.9. The van der Waals surface area contributed by atoms with E-state index in [1.807, 2.05) is 0 Å². The van der Waals surface area contributed by atoms with Crippen LogP contribution in [0.2, 0.25) is 0 Å². The average molecular weight is 401 g/mol. The van der Waals surface area contributed by atoms with Gasteiger partial charge in [-0.25, -0.2) is 8.78 Å². The van der Waals surface area contributed by atoms with Crippen molar-refractivity contribution < 1.29 is 18.4 Å². The van der Waals surface area contributed by atoms with Gasteiger partial charge in [-0.2, -0.15) is 0 Å². The van der Waals surface area contributed by atoms with E-state index in [1.165, 1.54) is 6.07 Å². The van der Waals surface area contributed by atoms with Crippen LogP contribution in [0.5, 0.6) is 0 Å². The summed E-state index contributed by atoms with van der Waals surface area (Å²) in [5.74, 6) is -2.37. The lowest BCUT2D eigenvalue weighted by Gasteiger charge is -2.16. The predicted octanol–water partition coefficient (Wildman–Crippen LogP) is 3.93. The Bertz CT molecular complexity index is 882. The maximum absolute atomic E-state index is 13.4. The Balaban J connectivity index is 1.57. The normalized spacial score (nSPS) is 15.1. The molecule has 1 fully saturated rings. The topological polar surface area (TPSA) is 70.2 Å². The highest BCUT2D eigenvalue weighted by Crippen LogP contribution is 2.20. The first-order valence-electron chi connectivity index (χ1n) is 9.82. The van der Waals surface area contributed by atoms with Crippen LogP contribution in [0.1, 0.15) is 54.6 Å². The number of rotatable bonds is 7. The second kappa shape index (κ2) is 9.60. The van der Waals surface area contributed by atoms with E-state index in [-0.39, 0.29) is 30.4 Å². The lowest BCUT2D eigenvalue weighted by atomic mass is 10.1. The molecule has 5 nitrogen and oxygen atoms in total. The van der Waals surface area contributed by atoms with Crippen molar-refractivity contribution in [2.45, 2.75) is 44.7 Å². The van der Waals surface area contributed by atoms with Crippen LogP contribution in [0.25, 0.3) is 0 Å². The minimum Gasteiger partial charge on any atom is -0.349 e. The van der Waals surface area contributed by atoms with Crippen molar-refractivity contribution in [2.75, 3.05) is 11.9 Å². The highest BCUT2D eigenvalue weighted by molar-refractivity contribution is 6.04. The molecule has 7 heteroatoms. The van der Waals surface area contributed by atoms with Gasteiger partial charge in [0.25, 0.3) is 5.91 Å². The third-order valence-electron chi connectivity index (χ3n) is 5.15. The lowest BCUT2D eigenvalue weighted by molar-refractivity contribution is -0.115. The average Bonchev–Trinajstić information content (AvgIpc) is 3.21. The molecular formula is C22H25F2N3O2. The molecule has 3 rings (SSSR count). The number of benzene rings is 2. The molecule has 1 aliphatic rings. The van der Waals surface area contributed by atoms with Crippen LogP contribution in [-0.2, 0) is 4.79 Å². The SMILES string of the molecule is C[C@H](NCC(=O)Nc1ccccc1C(=O)NC1CCCC1)c1ccc(F)c(F)c1. The van der Waals surface area contributed by atoms with Crippen molar-refractivity contribution >= 4 is 17.5 Å². The van der Waals surface area contributed by atoms with E-state index in [4.69, 9.17) is 0 Å². The maximum Gasteiger partial charge on any atom is 0.253 e. The molecule has 154 valence electrons. The molecule has 2 aromatic rings. The first-order valence-corrected chi connectivity index (χ1v) is 9.82. The smallest absolute Gasteiger partial charge is 0.253 e. The summed E-state index contributed by atoms with van der Waals surface area (Å²) in [4.78, 5) is 24.9. The highest BCUT2D eigenvalue weighted by Gasteiger charge is 2.20. The fraction of sp³-hybridized carbons (Fsp3) is 0.364. The molecule has 1 aliphatic carbocycles. The van der Waals surface area contributed by atoms with Crippen molar-refractivity contribution in [3.63, 3.8) is 0 Å². The van der Waals surface area contributed by atoms with Gasteiger partial charge < -0.3 is 16.0 Å². The van der Waals surface area contributed by atoms with E-state index >= 15 is 0 Å². The molecule has 0 aliphatic heterocycles.